The fourth-order valence-electron chi connectivity index (χ4n) is 2.03. The Bertz CT molecular complexity index is 301. The predicted octanol–water partition coefficient (Wildman–Crippen LogP) is 3.00. The van der Waals surface area contributed by atoms with Gasteiger partial charge in [-0.1, -0.05) is 0 Å². The number of thiol groups is 3. The molecule has 0 aliphatic rings. The van der Waals surface area contributed by atoms with Crippen LogP contribution in [0.2, 0.25) is 0 Å². The fourth-order valence-corrected chi connectivity index (χ4v) is 2.89. The zero-order chi connectivity index (χ0) is 13.7. The van der Waals surface area contributed by atoms with Gasteiger partial charge in [-0.05, 0) is 0 Å². The van der Waals surface area contributed by atoms with Gasteiger partial charge in [-0.3, -0.25) is 0 Å². The third kappa shape index (κ3) is 2.65. The molecule has 1 rings (SSSR count). The molecule has 3 nitrogen and oxygen atoms in total. The molecule has 6 heteroatoms. The van der Waals surface area contributed by atoms with Gasteiger partial charge in [-0.25, -0.2) is 0 Å². The van der Waals surface area contributed by atoms with E-state index in [0.29, 0.717) is 17.3 Å². The zero-order valence-corrected chi connectivity index (χ0v) is 13.4. The average Bonchev–Trinajstić information content (AvgIpc) is 2.43. The quantitative estimate of drug-likeness (QED) is 0.706. The Hall–Kier alpha value is -0.330. The second kappa shape index (κ2) is 7.31. The summed E-state index contributed by atoms with van der Waals surface area (Å²) in [6, 6.07) is 0. The van der Waals surface area contributed by atoms with Crippen molar-refractivity contribution in [3.63, 3.8) is 0 Å². The summed E-state index contributed by atoms with van der Waals surface area (Å²) in [6.07, 6.45) is 0. The van der Waals surface area contributed by atoms with Crippen LogP contribution in [0.3, 0.4) is 0 Å². The van der Waals surface area contributed by atoms with E-state index in [9.17, 15) is 0 Å². The number of rotatable bonds is 6. The molecular formula is C12H18O3S3. The number of benzene rings is 1. The van der Waals surface area contributed by atoms with Gasteiger partial charge in [0, 0.05) is 33.9 Å². The molecule has 0 bridgehead atoms. The Morgan fingerprint density at radius 1 is 0.611 bits per heavy atom. The van der Waals surface area contributed by atoms with Crippen LogP contribution < -0.4 is 14.2 Å². The van der Waals surface area contributed by atoms with Crippen LogP contribution >= 0.6 is 37.9 Å². The van der Waals surface area contributed by atoms with Crippen LogP contribution in [0.15, 0.2) is 0 Å². The largest absolute Gasteiger partial charge is 0.496 e. The molecule has 102 valence electrons. The lowest BCUT2D eigenvalue weighted by atomic mass is 10.0. The fraction of sp³-hybridized carbons (Fsp3) is 0.500. The van der Waals surface area contributed by atoms with Crippen molar-refractivity contribution in [2.24, 2.45) is 0 Å². The number of ether oxygens (including phenoxy) is 3. The van der Waals surface area contributed by atoms with Gasteiger partial charge < -0.3 is 14.2 Å². The summed E-state index contributed by atoms with van der Waals surface area (Å²) < 4.78 is 16.4. The van der Waals surface area contributed by atoms with Crippen LogP contribution in [-0.4, -0.2) is 21.3 Å². The van der Waals surface area contributed by atoms with E-state index in [1.807, 2.05) is 0 Å². The maximum absolute atomic E-state index is 5.46. The van der Waals surface area contributed by atoms with Crippen molar-refractivity contribution >= 4 is 37.9 Å². The van der Waals surface area contributed by atoms with Gasteiger partial charge in [0.2, 0.25) is 0 Å². The van der Waals surface area contributed by atoms with Crippen molar-refractivity contribution in [1.82, 2.24) is 0 Å². The first-order valence-corrected chi connectivity index (χ1v) is 7.24. The first-order chi connectivity index (χ1) is 8.69. The van der Waals surface area contributed by atoms with E-state index in [1.54, 1.807) is 21.3 Å². The van der Waals surface area contributed by atoms with Crippen molar-refractivity contribution in [3.05, 3.63) is 16.7 Å². The Balaban J connectivity index is 3.71. The molecule has 0 saturated heterocycles. The van der Waals surface area contributed by atoms with Gasteiger partial charge >= 0.3 is 0 Å². The summed E-state index contributed by atoms with van der Waals surface area (Å²) in [5, 5.41) is 0. The Kier molecular flexibility index (Phi) is 6.38. The van der Waals surface area contributed by atoms with Crippen molar-refractivity contribution < 1.29 is 14.2 Å². The molecule has 0 amide bonds. The minimum Gasteiger partial charge on any atom is -0.496 e. The summed E-state index contributed by atoms with van der Waals surface area (Å²) in [6.45, 7) is 0. The monoisotopic (exact) mass is 306 g/mol. The van der Waals surface area contributed by atoms with Crippen LogP contribution in [0.1, 0.15) is 16.7 Å². The first-order valence-electron chi connectivity index (χ1n) is 5.35. The number of methoxy groups -OCH3 is 3. The lowest BCUT2D eigenvalue weighted by Gasteiger charge is -2.22. The zero-order valence-electron chi connectivity index (χ0n) is 10.7. The molecule has 0 fully saturated rings. The molecule has 0 aliphatic carbocycles. The molecule has 0 unspecified atom stereocenters. The van der Waals surface area contributed by atoms with Crippen molar-refractivity contribution in [2.45, 2.75) is 17.3 Å². The normalized spacial score (nSPS) is 10.3. The molecule has 1 aromatic rings. The SMILES string of the molecule is COc1c(CS)c(OC)c(CS)c(OC)c1CS. The van der Waals surface area contributed by atoms with Gasteiger partial charge in [0.25, 0.3) is 0 Å². The highest BCUT2D eigenvalue weighted by atomic mass is 32.1. The summed E-state index contributed by atoms with van der Waals surface area (Å²) in [5.74, 6) is 3.70. The van der Waals surface area contributed by atoms with Gasteiger partial charge in [-0.2, -0.15) is 37.9 Å². The molecular weight excluding hydrogens is 288 g/mol. The van der Waals surface area contributed by atoms with E-state index < -0.39 is 0 Å². The number of hydrogen-bond donors (Lipinski definition) is 3. The molecule has 1 aromatic carbocycles. The lowest BCUT2D eigenvalue weighted by Crippen LogP contribution is -2.05. The first kappa shape index (κ1) is 15.7. The van der Waals surface area contributed by atoms with Crippen molar-refractivity contribution in [3.8, 4) is 17.2 Å². The molecule has 0 aliphatic heterocycles. The average molecular weight is 306 g/mol. The molecule has 0 N–H and O–H groups in total. The highest BCUT2D eigenvalue weighted by Crippen LogP contribution is 2.45. The highest BCUT2D eigenvalue weighted by molar-refractivity contribution is 7.79. The van der Waals surface area contributed by atoms with Gasteiger partial charge in [0.1, 0.15) is 17.2 Å². The smallest absolute Gasteiger partial charge is 0.134 e. The Labute approximate surface area is 124 Å². The molecule has 0 saturated carbocycles. The predicted molar refractivity (Wildman–Crippen MR) is 84.2 cm³/mol. The summed E-state index contributed by atoms with van der Waals surface area (Å²) >= 11 is 13.0. The molecule has 0 heterocycles. The highest BCUT2D eigenvalue weighted by Gasteiger charge is 2.24. The summed E-state index contributed by atoms with van der Waals surface area (Å²) in [7, 11) is 4.86. The van der Waals surface area contributed by atoms with Gasteiger partial charge in [0.15, 0.2) is 0 Å². The summed E-state index contributed by atoms with van der Waals surface area (Å²) in [4.78, 5) is 0. The molecule has 0 radical (unpaired) electrons. The maximum Gasteiger partial charge on any atom is 0.134 e. The third-order valence-electron chi connectivity index (χ3n) is 2.73. The van der Waals surface area contributed by atoms with Crippen LogP contribution in [0, 0.1) is 0 Å². The standard InChI is InChI=1S/C12H18O3S3/c1-13-10-7(4-16)11(14-2)9(6-18)12(15-3)8(10)5-17/h16-18H,4-6H2,1-3H3. The van der Waals surface area contributed by atoms with Gasteiger partial charge in [-0.15, -0.1) is 0 Å². The lowest BCUT2D eigenvalue weighted by molar-refractivity contribution is 0.362. The van der Waals surface area contributed by atoms with E-state index in [-0.39, 0.29) is 0 Å². The minimum absolute atomic E-state index is 0.512. The van der Waals surface area contributed by atoms with Crippen LogP contribution in [0.25, 0.3) is 0 Å². The molecule has 18 heavy (non-hydrogen) atoms. The second-order valence-corrected chi connectivity index (χ2v) is 4.46. The Morgan fingerprint density at radius 3 is 0.944 bits per heavy atom. The van der Waals surface area contributed by atoms with Crippen LogP contribution in [0.4, 0.5) is 0 Å². The van der Waals surface area contributed by atoms with E-state index in [2.05, 4.69) is 37.9 Å². The van der Waals surface area contributed by atoms with Crippen molar-refractivity contribution in [1.29, 1.82) is 0 Å². The number of hydrogen-bond acceptors (Lipinski definition) is 6. The summed E-state index contributed by atoms with van der Waals surface area (Å²) in [5.41, 5.74) is 2.70. The molecule has 0 spiro atoms. The van der Waals surface area contributed by atoms with E-state index in [0.717, 1.165) is 33.9 Å². The Morgan fingerprint density at radius 2 is 0.833 bits per heavy atom. The second-order valence-electron chi connectivity index (χ2n) is 3.51. The molecule has 0 aromatic heterocycles. The van der Waals surface area contributed by atoms with E-state index in [4.69, 9.17) is 14.2 Å². The van der Waals surface area contributed by atoms with E-state index >= 15 is 0 Å². The van der Waals surface area contributed by atoms with Crippen LogP contribution in [-0.2, 0) is 17.3 Å². The van der Waals surface area contributed by atoms with Gasteiger partial charge in [0.05, 0.1) is 21.3 Å². The molecule has 0 atom stereocenters. The topological polar surface area (TPSA) is 27.7 Å². The van der Waals surface area contributed by atoms with Crippen LogP contribution in [0.5, 0.6) is 17.2 Å². The van der Waals surface area contributed by atoms with Crippen molar-refractivity contribution in [2.75, 3.05) is 21.3 Å². The van der Waals surface area contributed by atoms with E-state index in [1.165, 1.54) is 0 Å². The maximum atomic E-state index is 5.46. The minimum atomic E-state index is 0.512. The third-order valence-corrected chi connectivity index (χ3v) is 3.68.